The minimum Gasteiger partial charge on any atom is -0.437 e. The van der Waals surface area contributed by atoms with Crippen LogP contribution >= 0.6 is 23.2 Å². The fourth-order valence-corrected chi connectivity index (χ4v) is 3.67. The summed E-state index contributed by atoms with van der Waals surface area (Å²) in [5, 5.41) is 3.68. The maximum atomic E-state index is 12.3. The van der Waals surface area contributed by atoms with Crippen molar-refractivity contribution in [1.29, 1.82) is 0 Å². The monoisotopic (exact) mass is 440 g/mol. The first-order valence-electron chi connectivity index (χ1n) is 9.65. The summed E-state index contributed by atoms with van der Waals surface area (Å²) in [5.74, 6) is 0.677. The Morgan fingerprint density at radius 1 is 1.14 bits per heavy atom. The molecule has 1 fully saturated rings. The smallest absolute Gasteiger partial charge is 0.437 e. The van der Waals surface area contributed by atoms with Crippen molar-refractivity contribution < 1.29 is 18.8 Å². The predicted molar refractivity (Wildman–Crippen MR) is 115 cm³/mol. The summed E-state index contributed by atoms with van der Waals surface area (Å²) in [6, 6.07) is 3.04. The van der Waals surface area contributed by atoms with Gasteiger partial charge in [-0.05, 0) is 66.1 Å². The molecule has 2 heterocycles. The lowest BCUT2D eigenvalue weighted by molar-refractivity contribution is -0.133. The van der Waals surface area contributed by atoms with Gasteiger partial charge in [0.05, 0.1) is 27.4 Å². The van der Waals surface area contributed by atoms with Gasteiger partial charge in [-0.15, -0.1) is 0 Å². The van der Waals surface area contributed by atoms with Crippen LogP contribution in [0.3, 0.4) is 0 Å². The van der Waals surface area contributed by atoms with Crippen LogP contribution in [-0.4, -0.2) is 41.2 Å². The molecule has 1 atom stereocenters. The summed E-state index contributed by atoms with van der Waals surface area (Å²) >= 11 is 13.0. The molecule has 9 heteroatoms. The van der Waals surface area contributed by atoms with E-state index in [-0.39, 0.29) is 11.9 Å². The molecule has 29 heavy (non-hydrogen) atoms. The number of nitrogens with zero attached hydrogens (tertiary/aromatic N) is 1. The first kappa shape index (κ1) is 22.3. The van der Waals surface area contributed by atoms with Gasteiger partial charge in [-0.25, -0.2) is 0 Å². The molecule has 0 aromatic heterocycles. The normalized spacial score (nSPS) is 23.3. The van der Waals surface area contributed by atoms with E-state index in [0.29, 0.717) is 27.1 Å². The van der Waals surface area contributed by atoms with Gasteiger partial charge in [-0.3, -0.25) is 4.79 Å². The number of benzene rings is 1. The van der Waals surface area contributed by atoms with Crippen molar-refractivity contribution in [3.63, 3.8) is 0 Å². The van der Waals surface area contributed by atoms with Crippen molar-refractivity contribution in [2.24, 2.45) is 0 Å². The molecule has 1 aromatic rings. The molecule has 2 aliphatic heterocycles. The number of rotatable bonds is 4. The Morgan fingerprint density at radius 3 is 2.14 bits per heavy atom. The number of halogens is 2. The number of hydrogen-bond acceptors (Lipinski definition) is 5. The number of amides is 1. The van der Waals surface area contributed by atoms with Crippen LogP contribution < -0.4 is 15.5 Å². The Kier molecular flexibility index (Phi) is 5.91. The molecule has 6 nitrogen and oxygen atoms in total. The summed E-state index contributed by atoms with van der Waals surface area (Å²) in [5.41, 5.74) is -0.221. The van der Waals surface area contributed by atoms with E-state index >= 15 is 0 Å². The molecular weight excluding hydrogens is 414 g/mol. The number of carbonyl (C=O) groups is 1. The summed E-state index contributed by atoms with van der Waals surface area (Å²) in [4.78, 5) is 13.9. The van der Waals surface area contributed by atoms with Crippen molar-refractivity contribution in [2.75, 3.05) is 0 Å². The third kappa shape index (κ3) is 4.24. The second-order valence-electron chi connectivity index (χ2n) is 8.70. The van der Waals surface area contributed by atoms with Crippen molar-refractivity contribution in [1.82, 2.24) is 10.2 Å². The molecule has 1 N–H and O–H groups in total. The van der Waals surface area contributed by atoms with E-state index in [1.165, 1.54) is 0 Å². The average molecular weight is 441 g/mol. The second-order valence-corrected chi connectivity index (χ2v) is 9.52. The van der Waals surface area contributed by atoms with Crippen molar-refractivity contribution in [3.05, 3.63) is 34.3 Å². The molecule has 2 aliphatic rings. The van der Waals surface area contributed by atoms with E-state index in [0.717, 1.165) is 0 Å². The quantitative estimate of drug-likeness (QED) is 0.723. The summed E-state index contributed by atoms with van der Waals surface area (Å²) in [6.07, 6.45) is 1.63. The predicted octanol–water partition coefficient (Wildman–Crippen LogP) is 3.70. The van der Waals surface area contributed by atoms with Gasteiger partial charge in [0, 0.05) is 6.04 Å². The van der Waals surface area contributed by atoms with E-state index in [4.69, 9.17) is 37.2 Å². The SMILES string of the molecule is CC1NC(Oc2c(Cl)cc(B3OC(C)(C)C(C)(C)O3)cc2Cl)=CN(C(C)C)C1=O. The van der Waals surface area contributed by atoms with Gasteiger partial charge in [0.15, 0.2) is 5.75 Å². The van der Waals surface area contributed by atoms with Crippen LogP contribution in [0.5, 0.6) is 5.75 Å². The largest absolute Gasteiger partial charge is 0.494 e. The Bertz CT molecular complexity index is 818. The first-order valence-corrected chi connectivity index (χ1v) is 10.4. The van der Waals surface area contributed by atoms with Gasteiger partial charge in [0.25, 0.3) is 0 Å². The maximum Gasteiger partial charge on any atom is 0.494 e. The van der Waals surface area contributed by atoms with Crippen molar-refractivity contribution >= 4 is 41.7 Å². The fourth-order valence-electron chi connectivity index (χ4n) is 3.09. The lowest BCUT2D eigenvalue weighted by atomic mass is 9.79. The molecule has 1 amide bonds. The van der Waals surface area contributed by atoms with Crippen LogP contribution in [0.15, 0.2) is 24.2 Å². The van der Waals surface area contributed by atoms with Crippen molar-refractivity contribution in [3.8, 4) is 5.75 Å². The highest BCUT2D eigenvalue weighted by Crippen LogP contribution is 2.38. The molecule has 0 aliphatic carbocycles. The third-order valence-corrected chi connectivity index (χ3v) is 6.12. The highest BCUT2D eigenvalue weighted by atomic mass is 35.5. The third-order valence-electron chi connectivity index (χ3n) is 5.55. The maximum absolute atomic E-state index is 12.3. The first-order chi connectivity index (χ1) is 13.3. The van der Waals surface area contributed by atoms with E-state index < -0.39 is 24.4 Å². The molecule has 0 spiro atoms. The molecule has 1 aromatic carbocycles. The van der Waals surface area contributed by atoms with Crippen LogP contribution in [0.4, 0.5) is 0 Å². The van der Waals surface area contributed by atoms with E-state index in [9.17, 15) is 4.79 Å². The molecule has 1 saturated heterocycles. The molecular formula is C20H27BCl2N2O4. The van der Waals surface area contributed by atoms with Gasteiger partial charge in [-0.2, -0.15) is 0 Å². The second kappa shape index (κ2) is 7.69. The summed E-state index contributed by atoms with van der Waals surface area (Å²) in [6.45, 7) is 13.6. The lowest BCUT2D eigenvalue weighted by Crippen LogP contribution is -2.50. The van der Waals surface area contributed by atoms with Crippen LogP contribution in [0.2, 0.25) is 10.0 Å². The zero-order valence-corrected chi connectivity index (χ0v) is 19.3. The van der Waals surface area contributed by atoms with Crippen LogP contribution in [-0.2, 0) is 14.1 Å². The Balaban J connectivity index is 1.86. The topological polar surface area (TPSA) is 60.0 Å². The number of ether oxygens (including phenoxy) is 1. The van der Waals surface area contributed by atoms with Gasteiger partial charge in [0.2, 0.25) is 11.8 Å². The molecule has 3 rings (SSSR count). The van der Waals surface area contributed by atoms with E-state index in [1.54, 1.807) is 30.2 Å². The van der Waals surface area contributed by atoms with Gasteiger partial charge in [0.1, 0.15) is 6.04 Å². The lowest BCUT2D eigenvalue weighted by Gasteiger charge is -2.32. The van der Waals surface area contributed by atoms with E-state index in [1.807, 2.05) is 41.5 Å². The minimum atomic E-state index is -0.579. The van der Waals surface area contributed by atoms with Gasteiger partial charge >= 0.3 is 7.12 Å². The van der Waals surface area contributed by atoms with Crippen LogP contribution in [0, 0.1) is 0 Å². The number of carbonyl (C=O) groups excluding carboxylic acids is 1. The molecule has 0 radical (unpaired) electrons. The zero-order valence-electron chi connectivity index (χ0n) is 17.8. The number of hydrogen-bond donors (Lipinski definition) is 1. The molecule has 0 bridgehead atoms. The van der Waals surface area contributed by atoms with Crippen LogP contribution in [0.25, 0.3) is 0 Å². The van der Waals surface area contributed by atoms with Gasteiger partial charge in [-0.1, -0.05) is 23.2 Å². The average Bonchev–Trinajstić information content (AvgIpc) is 2.81. The molecule has 1 unspecified atom stereocenters. The Labute approximate surface area is 182 Å². The molecule has 0 saturated carbocycles. The van der Waals surface area contributed by atoms with E-state index in [2.05, 4.69) is 5.32 Å². The Hall–Kier alpha value is -1.41. The van der Waals surface area contributed by atoms with Crippen LogP contribution in [0.1, 0.15) is 48.5 Å². The van der Waals surface area contributed by atoms with Gasteiger partial charge < -0.3 is 24.3 Å². The standard InChI is InChI=1S/C20H27BCl2N2O4/c1-11(2)25-10-16(24-12(3)18(25)26)27-17-14(22)8-13(9-15(17)23)21-28-19(4,5)20(6,7)29-21/h8-12,24H,1-7H3. The number of nitrogens with one attached hydrogen (secondary N) is 1. The van der Waals surface area contributed by atoms with Crippen molar-refractivity contribution in [2.45, 2.75) is 71.8 Å². The highest BCUT2D eigenvalue weighted by molar-refractivity contribution is 6.63. The fraction of sp³-hybridized carbons (Fsp3) is 0.550. The summed E-state index contributed by atoms with van der Waals surface area (Å²) in [7, 11) is -0.579. The zero-order chi connectivity index (χ0) is 21.7. The minimum absolute atomic E-state index is 0.00217. The highest BCUT2D eigenvalue weighted by Gasteiger charge is 2.52. The Morgan fingerprint density at radius 2 is 1.66 bits per heavy atom. The molecule has 158 valence electrons. The summed E-state index contributed by atoms with van der Waals surface area (Å²) < 4.78 is 18.1.